The molecule has 1 aromatic carbocycles. The Bertz CT molecular complexity index is 817. The minimum Gasteiger partial charge on any atom is -0.340 e. The second-order valence-electron chi connectivity index (χ2n) is 5.31. The van der Waals surface area contributed by atoms with Gasteiger partial charge in [0.2, 0.25) is 11.2 Å². The third-order valence-corrected chi connectivity index (χ3v) is 4.59. The van der Waals surface area contributed by atoms with Gasteiger partial charge in [-0.05, 0) is 11.6 Å². The first kappa shape index (κ1) is 16.6. The van der Waals surface area contributed by atoms with E-state index >= 15 is 0 Å². The zero-order valence-electron chi connectivity index (χ0n) is 13.1. The summed E-state index contributed by atoms with van der Waals surface area (Å²) in [6, 6.07) is 10.0. The van der Waals surface area contributed by atoms with E-state index in [-0.39, 0.29) is 11.2 Å². The number of aryl methyl sites for hydroxylation is 1. The molecule has 0 aliphatic heterocycles. The number of hydrogen-bond donors (Lipinski definition) is 1. The highest BCUT2D eigenvalue weighted by atomic mass is 35.5. The summed E-state index contributed by atoms with van der Waals surface area (Å²) in [4.78, 5) is 22.5. The van der Waals surface area contributed by atoms with E-state index in [1.54, 1.807) is 23.3 Å². The molecule has 0 unspecified atom stereocenters. The van der Waals surface area contributed by atoms with Gasteiger partial charge in [-0.3, -0.25) is 9.89 Å². The molecule has 24 heavy (non-hydrogen) atoms. The minimum atomic E-state index is 0.0248. The number of H-pyrrole nitrogens is 1. The number of amides is 1. The Balaban J connectivity index is 1.55. The van der Waals surface area contributed by atoms with E-state index in [0.717, 1.165) is 16.3 Å². The highest BCUT2D eigenvalue weighted by Crippen LogP contribution is 2.23. The van der Waals surface area contributed by atoms with E-state index in [0.29, 0.717) is 25.2 Å². The third kappa shape index (κ3) is 4.18. The van der Waals surface area contributed by atoms with Gasteiger partial charge in [0.1, 0.15) is 10.8 Å². The number of carbonyl (C=O) groups excluding carboxylic acids is 1. The first-order valence-corrected chi connectivity index (χ1v) is 8.68. The molecule has 0 atom stereocenters. The summed E-state index contributed by atoms with van der Waals surface area (Å²) < 4.78 is 0. The fraction of sp³-hybridized carbons (Fsp3) is 0.250. The Labute approximate surface area is 148 Å². The number of carbonyl (C=O) groups is 1. The zero-order valence-corrected chi connectivity index (χ0v) is 14.6. The van der Waals surface area contributed by atoms with Gasteiger partial charge in [0, 0.05) is 30.8 Å². The van der Waals surface area contributed by atoms with Crippen LogP contribution in [0.5, 0.6) is 0 Å². The minimum absolute atomic E-state index is 0.0248. The van der Waals surface area contributed by atoms with Gasteiger partial charge in [-0.2, -0.15) is 0 Å². The van der Waals surface area contributed by atoms with E-state index in [2.05, 4.69) is 20.2 Å². The van der Waals surface area contributed by atoms with Gasteiger partial charge in [0.05, 0.1) is 12.2 Å². The van der Waals surface area contributed by atoms with Crippen molar-refractivity contribution in [3.63, 3.8) is 0 Å². The van der Waals surface area contributed by atoms with Gasteiger partial charge in [0.15, 0.2) is 0 Å². The number of nitrogens with zero attached hydrogens (tertiary/aromatic N) is 4. The maximum Gasteiger partial charge on any atom is 0.242 e. The van der Waals surface area contributed by atoms with Crippen LogP contribution in [-0.4, -0.2) is 38.0 Å². The van der Waals surface area contributed by atoms with Crippen molar-refractivity contribution in [1.29, 1.82) is 0 Å². The molecule has 0 radical (unpaired) electrons. The lowest BCUT2D eigenvalue weighted by molar-refractivity contribution is -0.130. The summed E-state index contributed by atoms with van der Waals surface area (Å²) in [6.45, 7) is 0.485. The van der Waals surface area contributed by atoms with E-state index in [4.69, 9.17) is 11.6 Å². The third-order valence-electron chi connectivity index (χ3n) is 3.48. The largest absolute Gasteiger partial charge is 0.340 e. The lowest BCUT2D eigenvalue weighted by Crippen LogP contribution is -2.26. The lowest BCUT2D eigenvalue weighted by Gasteiger charge is -2.15. The second-order valence-corrected chi connectivity index (χ2v) is 6.51. The summed E-state index contributed by atoms with van der Waals surface area (Å²) in [5.74, 6) is 0.638. The number of thiazole rings is 1. The van der Waals surface area contributed by atoms with E-state index in [1.807, 2.05) is 35.7 Å². The van der Waals surface area contributed by atoms with E-state index in [9.17, 15) is 4.79 Å². The molecule has 2 heterocycles. The summed E-state index contributed by atoms with van der Waals surface area (Å²) in [5.41, 5.74) is 1.97. The molecule has 6 nitrogen and oxygen atoms in total. The Hall–Kier alpha value is -2.25. The van der Waals surface area contributed by atoms with Crippen molar-refractivity contribution < 1.29 is 4.79 Å². The molecule has 0 saturated heterocycles. The van der Waals surface area contributed by atoms with E-state index in [1.165, 1.54) is 0 Å². The summed E-state index contributed by atoms with van der Waals surface area (Å²) in [5, 5.41) is 9.55. The van der Waals surface area contributed by atoms with Crippen molar-refractivity contribution in [2.75, 3.05) is 7.05 Å². The monoisotopic (exact) mass is 361 g/mol. The van der Waals surface area contributed by atoms with Crippen molar-refractivity contribution in [2.45, 2.75) is 19.4 Å². The molecule has 8 heteroatoms. The summed E-state index contributed by atoms with van der Waals surface area (Å²) in [6.07, 6.45) is 0.826. The second kappa shape index (κ2) is 7.55. The molecule has 1 amide bonds. The molecule has 2 aromatic heterocycles. The predicted molar refractivity (Wildman–Crippen MR) is 93.7 cm³/mol. The smallest absolute Gasteiger partial charge is 0.242 e. The highest BCUT2D eigenvalue weighted by molar-refractivity contribution is 7.13. The van der Waals surface area contributed by atoms with Crippen LogP contribution >= 0.6 is 22.9 Å². The summed E-state index contributed by atoms with van der Waals surface area (Å²) in [7, 11) is 1.78. The molecule has 0 saturated carbocycles. The van der Waals surface area contributed by atoms with Crippen LogP contribution in [0.4, 0.5) is 0 Å². The van der Waals surface area contributed by atoms with Crippen LogP contribution < -0.4 is 0 Å². The number of benzene rings is 1. The van der Waals surface area contributed by atoms with Gasteiger partial charge >= 0.3 is 0 Å². The molecule has 0 bridgehead atoms. The quantitative estimate of drug-likeness (QED) is 0.731. The first-order valence-electron chi connectivity index (χ1n) is 7.42. The number of halogens is 1. The Morgan fingerprint density at radius 1 is 1.29 bits per heavy atom. The Morgan fingerprint density at radius 3 is 2.79 bits per heavy atom. The maximum atomic E-state index is 12.2. The number of nitrogens with one attached hydrogen (secondary N) is 1. The van der Waals surface area contributed by atoms with Crippen LogP contribution in [0.1, 0.15) is 17.9 Å². The van der Waals surface area contributed by atoms with Gasteiger partial charge in [-0.25, -0.2) is 9.97 Å². The number of hydrogen-bond acceptors (Lipinski definition) is 5. The van der Waals surface area contributed by atoms with Crippen LogP contribution in [0.15, 0.2) is 35.7 Å². The molecular weight excluding hydrogens is 346 g/mol. The molecule has 0 aliphatic rings. The standard InChI is InChI=1S/C16H16ClN5OS/c1-22(14(23)8-7-13-19-16(17)21-20-13)9-12-10-24-15(18-12)11-5-3-2-4-6-11/h2-6,10H,7-9H2,1H3,(H,19,20,21). The number of aromatic amines is 1. The molecule has 0 spiro atoms. The normalized spacial score (nSPS) is 10.8. The topological polar surface area (TPSA) is 74.8 Å². The van der Waals surface area contributed by atoms with Crippen molar-refractivity contribution >= 4 is 28.8 Å². The predicted octanol–water partition coefficient (Wildman–Crippen LogP) is 3.17. The molecule has 3 aromatic rings. The molecule has 1 N–H and O–H groups in total. The molecule has 124 valence electrons. The van der Waals surface area contributed by atoms with Gasteiger partial charge in [-0.15, -0.1) is 16.4 Å². The van der Waals surface area contributed by atoms with Crippen molar-refractivity contribution in [1.82, 2.24) is 25.1 Å². The van der Waals surface area contributed by atoms with Crippen LogP contribution in [0.3, 0.4) is 0 Å². The molecule has 3 rings (SSSR count). The van der Waals surface area contributed by atoms with Crippen LogP contribution in [0.2, 0.25) is 5.28 Å². The number of aromatic nitrogens is 4. The zero-order chi connectivity index (χ0) is 16.9. The Kier molecular flexibility index (Phi) is 5.22. The fourth-order valence-electron chi connectivity index (χ4n) is 2.22. The number of rotatable bonds is 6. The van der Waals surface area contributed by atoms with Gasteiger partial charge in [0.25, 0.3) is 0 Å². The van der Waals surface area contributed by atoms with Crippen molar-refractivity contribution in [2.24, 2.45) is 0 Å². The van der Waals surface area contributed by atoms with Crippen molar-refractivity contribution in [3.05, 3.63) is 52.5 Å². The highest BCUT2D eigenvalue weighted by Gasteiger charge is 2.13. The first-order chi connectivity index (χ1) is 11.6. The van der Waals surface area contributed by atoms with Crippen LogP contribution in [-0.2, 0) is 17.8 Å². The maximum absolute atomic E-state index is 12.2. The SMILES string of the molecule is CN(Cc1csc(-c2ccccc2)n1)C(=O)CCc1nc(Cl)n[nH]1. The van der Waals surface area contributed by atoms with E-state index < -0.39 is 0 Å². The van der Waals surface area contributed by atoms with Gasteiger partial charge in [-0.1, -0.05) is 30.3 Å². The van der Waals surface area contributed by atoms with Crippen molar-refractivity contribution in [3.8, 4) is 10.6 Å². The molecule has 0 fully saturated rings. The van der Waals surface area contributed by atoms with Gasteiger partial charge < -0.3 is 4.90 Å². The molecular formula is C16H16ClN5OS. The van der Waals surface area contributed by atoms with Crippen LogP contribution in [0, 0.1) is 0 Å². The average Bonchev–Trinajstić information content (AvgIpc) is 3.22. The van der Waals surface area contributed by atoms with Crippen LogP contribution in [0.25, 0.3) is 10.6 Å². The fourth-order valence-corrected chi connectivity index (χ4v) is 3.19. The Morgan fingerprint density at radius 2 is 2.08 bits per heavy atom. The molecule has 0 aliphatic carbocycles. The lowest BCUT2D eigenvalue weighted by atomic mass is 10.2. The summed E-state index contributed by atoms with van der Waals surface area (Å²) >= 11 is 7.22. The average molecular weight is 362 g/mol.